The highest BCUT2D eigenvalue weighted by atomic mass is 16.4. The fraction of sp³-hybridized carbons (Fsp3) is 0.429. The molecule has 0 bridgehead atoms. The van der Waals surface area contributed by atoms with E-state index in [0.717, 1.165) is 30.8 Å². The van der Waals surface area contributed by atoms with Gasteiger partial charge in [-0.1, -0.05) is 6.92 Å². The van der Waals surface area contributed by atoms with Crippen molar-refractivity contribution in [2.45, 2.75) is 33.2 Å². The molecule has 1 aliphatic heterocycles. The van der Waals surface area contributed by atoms with E-state index in [2.05, 4.69) is 11.9 Å². The Kier molecular flexibility index (Phi) is 2.69. The van der Waals surface area contributed by atoms with Gasteiger partial charge < -0.3 is 14.1 Å². The summed E-state index contributed by atoms with van der Waals surface area (Å²) in [6, 6.07) is 3.71. The number of furan rings is 1. The maximum absolute atomic E-state index is 11.3. The second-order valence-electron chi connectivity index (χ2n) is 5.20. The van der Waals surface area contributed by atoms with E-state index in [0.29, 0.717) is 17.5 Å². The van der Waals surface area contributed by atoms with Crippen molar-refractivity contribution >= 4 is 5.97 Å². The normalized spacial score (nSPS) is 18.3. The molecule has 3 heterocycles. The highest BCUT2D eigenvalue weighted by Crippen LogP contribution is 2.30. The smallest absolute Gasteiger partial charge is 0.356 e. The van der Waals surface area contributed by atoms with Gasteiger partial charge in [0.2, 0.25) is 0 Å². The highest BCUT2D eigenvalue weighted by Gasteiger charge is 2.28. The fourth-order valence-corrected chi connectivity index (χ4v) is 2.64. The van der Waals surface area contributed by atoms with Crippen molar-refractivity contribution in [3.63, 3.8) is 0 Å². The van der Waals surface area contributed by atoms with E-state index in [1.807, 2.05) is 23.6 Å². The summed E-state index contributed by atoms with van der Waals surface area (Å²) >= 11 is 0. The lowest BCUT2D eigenvalue weighted by molar-refractivity contribution is 0.0689. The van der Waals surface area contributed by atoms with E-state index >= 15 is 0 Å². The Morgan fingerprint density at radius 2 is 2.32 bits per heavy atom. The molecule has 3 rings (SSSR count). The molecule has 2 aromatic rings. The third-order valence-electron chi connectivity index (χ3n) is 3.60. The first-order chi connectivity index (χ1) is 9.06. The van der Waals surface area contributed by atoms with E-state index in [1.165, 1.54) is 0 Å². The Balaban J connectivity index is 2.17. The first-order valence-corrected chi connectivity index (χ1v) is 6.45. The number of aryl methyl sites for hydroxylation is 1. The summed E-state index contributed by atoms with van der Waals surface area (Å²) in [7, 11) is 0. The van der Waals surface area contributed by atoms with Gasteiger partial charge in [-0.05, 0) is 37.8 Å². The molecule has 19 heavy (non-hydrogen) atoms. The van der Waals surface area contributed by atoms with Gasteiger partial charge in [-0.3, -0.25) is 0 Å². The minimum absolute atomic E-state index is 0.163. The van der Waals surface area contributed by atoms with Gasteiger partial charge in [0.05, 0.1) is 5.69 Å². The van der Waals surface area contributed by atoms with Crippen molar-refractivity contribution in [1.29, 1.82) is 0 Å². The number of carbonyl (C=O) groups is 1. The molecule has 1 aliphatic rings. The van der Waals surface area contributed by atoms with Crippen LogP contribution in [0.5, 0.6) is 0 Å². The first-order valence-electron chi connectivity index (χ1n) is 6.45. The summed E-state index contributed by atoms with van der Waals surface area (Å²) in [5, 5.41) is 9.27. The van der Waals surface area contributed by atoms with Crippen LogP contribution in [0.1, 0.15) is 35.3 Å². The molecule has 1 unspecified atom stereocenters. The lowest BCUT2D eigenvalue weighted by atomic mass is 9.99. The Labute approximate surface area is 110 Å². The number of carboxylic acids is 1. The Bertz CT molecular complexity index is 639. The average Bonchev–Trinajstić information content (AvgIpc) is 2.92. The molecule has 0 amide bonds. The van der Waals surface area contributed by atoms with E-state index in [9.17, 15) is 9.90 Å². The topological polar surface area (TPSA) is 68.3 Å². The van der Waals surface area contributed by atoms with Crippen LogP contribution in [0.25, 0.3) is 11.6 Å². The maximum Gasteiger partial charge on any atom is 0.356 e. The molecule has 0 fully saturated rings. The van der Waals surface area contributed by atoms with Crippen LogP contribution in [-0.4, -0.2) is 20.6 Å². The Morgan fingerprint density at radius 3 is 2.95 bits per heavy atom. The van der Waals surface area contributed by atoms with Gasteiger partial charge in [0.1, 0.15) is 5.76 Å². The molecular weight excluding hydrogens is 244 g/mol. The molecule has 1 N–H and O–H groups in total. The highest BCUT2D eigenvalue weighted by molar-refractivity contribution is 5.87. The van der Waals surface area contributed by atoms with Gasteiger partial charge in [0.15, 0.2) is 17.3 Å². The molecule has 0 radical (unpaired) electrons. The van der Waals surface area contributed by atoms with Gasteiger partial charge in [-0.25, -0.2) is 9.78 Å². The number of aromatic carboxylic acids is 1. The van der Waals surface area contributed by atoms with Crippen molar-refractivity contribution in [3.8, 4) is 11.6 Å². The lowest BCUT2D eigenvalue weighted by Gasteiger charge is -2.22. The molecule has 0 saturated carbocycles. The predicted octanol–water partition coefficient (Wildman–Crippen LogP) is 2.73. The van der Waals surface area contributed by atoms with Crippen molar-refractivity contribution in [3.05, 3.63) is 29.3 Å². The Morgan fingerprint density at radius 1 is 1.53 bits per heavy atom. The number of hydrogen-bond acceptors (Lipinski definition) is 3. The summed E-state index contributed by atoms with van der Waals surface area (Å²) in [5.74, 6) is 1.63. The van der Waals surface area contributed by atoms with Gasteiger partial charge in [0.25, 0.3) is 0 Å². The molecule has 5 nitrogen and oxygen atoms in total. The number of rotatable bonds is 2. The number of imidazole rings is 1. The summed E-state index contributed by atoms with van der Waals surface area (Å²) < 4.78 is 7.58. The van der Waals surface area contributed by atoms with Crippen molar-refractivity contribution in [1.82, 2.24) is 9.55 Å². The van der Waals surface area contributed by atoms with Crippen LogP contribution in [0.15, 0.2) is 16.5 Å². The zero-order chi connectivity index (χ0) is 13.6. The van der Waals surface area contributed by atoms with Crippen LogP contribution < -0.4 is 0 Å². The predicted molar refractivity (Wildman–Crippen MR) is 69.1 cm³/mol. The number of aromatic nitrogens is 2. The molecule has 1 atom stereocenters. The average molecular weight is 260 g/mol. The molecule has 0 aliphatic carbocycles. The van der Waals surface area contributed by atoms with Crippen LogP contribution in [0, 0.1) is 12.8 Å². The van der Waals surface area contributed by atoms with Gasteiger partial charge in [0, 0.05) is 6.54 Å². The van der Waals surface area contributed by atoms with E-state index < -0.39 is 5.97 Å². The second-order valence-corrected chi connectivity index (χ2v) is 5.20. The number of hydrogen-bond donors (Lipinski definition) is 1. The molecular formula is C14H16N2O3. The van der Waals surface area contributed by atoms with E-state index in [1.54, 1.807) is 0 Å². The van der Waals surface area contributed by atoms with Crippen molar-refractivity contribution in [2.24, 2.45) is 5.92 Å². The standard InChI is InChI=1S/C14H16N2O3/c1-8-3-5-10-12(14(17)18)15-13(16(10)7-8)11-6-4-9(2)19-11/h4,6,8H,3,5,7H2,1-2H3,(H,17,18). The Hall–Kier alpha value is -2.04. The van der Waals surface area contributed by atoms with Crippen LogP contribution in [-0.2, 0) is 13.0 Å². The summed E-state index contributed by atoms with van der Waals surface area (Å²) in [5.41, 5.74) is 0.977. The monoisotopic (exact) mass is 260 g/mol. The van der Waals surface area contributed by atoms with Gasteiger partial charge in [-0.2, -0.15) is 0 Å². The number of carboxylic acid groups (broad SMARTS) is 1. The molecule has 0 aromatic carbocycles. The third kappa shape index (κ3) is 1.95. The second kappa shape index (κ2) is 4.26. The quantitative estimate of drug-likeness (QED) is 0.901. The maximum atomic E-state index is 11.3. The molecule has 0 spiro atoms. The number of fused-ring (bicyclic) bond motifs is 1. The van der Waals surface area contributed by atoms with Crippen LogP contribution in [0.3, 0.4) is 0 Å². The van der Waals surface area contributed by atoms with Crippen molar-refractivity contribution in [2.75, 3.05) is 0 Å². The molecule has 2 aromatic heterocycles. The first kappa shape index (κ1) is 12.0. The van der Waals surface area contributed by atoms with E-state index in [4.69, 9.17) is 4.42 Å². The minimum Gasteiger partial charge on any atom is -0.476 e. The summed E-state index contributed by atoms with van der Waals surface area (Å²) in [4.78, 5) is 15.6. The van der Waals surface area contributed by atoms with Crippen molar-refractivity contribution < 1.29 is 14.3 Å². The molecule has 5 heteroatoms. The van der Waals surface area contributed by atoms with E-state index in [-0.39, 0.29) is 5.69 Å². The van der Waals surface area contributed by atoms with Gasteiger partial charge >= 0.3 is 5.97 Å². The summed E-state index contributed by atoms with van der Waals surface area (Å²) in [6.07, 6.45) is 1.76. The summed E-state index contributed by atoms with van der Waals surface area (Å²) in [6.45, 7) is 4.83. The SMILES string of the molecule is Cc1ccc(-c2nc(C(=O)O)c3n2CC(C)CC3)o1. The van der Waals surface area contributed by atoms with Crippen LogP contribution in [0.2, 0.25) is 0 Å². The molecule has 0 saturated heterocycles. The zero-order valence-electron chi connectivity index (χ0n) is 11.0. The fourth-order valence-electron chi connectivity index (χ4n) is 2.64. The zero-order valence-corrected chi connectivity index (χ0v) is 11.0. The van der Waals surface area contributed by atoms with Gasteiger partial charge in [-0.15, -0.1) is 0 Å². The largest absolute Gasteiger partial charge is 0.476 e. The van der Waals surface area contributed by atoms with Crippen LogP contribution >= 0.6 is 0 Å². The molecule has 100 valence electrons. The van der Waals surface area contributed by atoms with Crippen LogP contribution in [0.4, 0.5) is 0 Å². The third-order valence-corrected chi connectivity index (χ3v) is 3.60. The minimum atomic E-state index is -0.965. The number of nitrogens with zero attached hydrogens (tertiary/aromatic N) is 2. The lowest BCUT2D eigenvalue weighted by Crippen LogP contribution is -2.19.